The number of benzene rings is 3. The van der Waals surface area contributed by atoms with Gasteiger partial charge in [0, 0.05) is 28.9 Å². The molecule has 1 aliphatic rings. The minimum Gasteiger partial charge on any atom is -0.391 e. The van der Waals surface area contributed by atoms with Crippen molar-refractivity contribution >= 4 is 27.7 Å². The van der Waals surface area contributed by atoms with Crippen LogP contribution in [0.5, 0.6) is 0 Å². The van der Waals surface area contributed by atoms with Crippen LogP contribution in [0, 0.1) is 5.92 Å². The van der Waals surface area contributed by atoms with Gasteiger partial charge in [0.1, 0.15) is 0 Å². The molecule has 3 aromatic rings. The number of halogens is 1. The highest BCUT2D eigenvalue weighted by Gasteiger charge is 2.34. The molecular weight excluding hydrogens is 508 g/mol. The summed E-state index contributed by atoms with van der Waals surface area (Å²) < 4.78 is 0.793. The first kappa shape index (κ1) is 25.1. The maximum Gasteiger partial charge on any atom is 0.251 e. The van der Waals surface area contributed by atoms with E-state index >= 15 is 0 Å². The van der Waals surface area contributed by atoms with Gasteiger partial charge in [-0.05, 0) is 47.7 Å². The van der Waals surface area contributed by atoms with Crippen molar-refractivity contribution < 1.29 is 19.8 Å². The summed E-state index contributed by atoms with van der Waals surface area (Å²) in [6, 6.07) is 23.9. The van der Waals surface area contributed by atoms with Crippen LogP contribution in [0.1, 0.15) is 39.5 Å². The maximum absolute atomic E-state index is 13.4. The normalized spacial score (nSPS) is 18.4. The quantitative estimate of drug-likeness (QED) is 0.336. The van der Waals surface area contributed by atoms with Gasteiger partial charge in [-0.25, -0.2) is 0 Å². The van der Waals surface area contributed by atoms with Crippen molar-refractivity contribution in [3.63, 3.8) is 0 Å². The van der Waals surface area contributed by atoms with Crippen LogP contribution in [0.3, 0.4) is 0 Å². The summed E-state index contributed by atoms with van der Waals surface area (Å²) in [5.41, 5.74) is 3.42. The third-order valence-corrected chi connectivity index (χ3v) is 6.83. The number of fused-ring (bicyclic) bond motifs is 1. The number of aliphatic hydroxyl groups is 2. The van der Waals surface area contributed by atoms with Gasteiger partial charge in [0.2, 0.25) is 5.91 Å². The van der Waals surface area contributed by atoms with Gasteiger partial charge >= 0.3 is 0 Å². The molecule has 4 N–H and O–H groups in total. The third-order valence-electron chi connectivity index (χ3n) is 6.34. The van der Waals surface area contributed by atoms with E-state index in [1.165, 1.54) is 0 Å². The van der Waals surface area contributed by atoms with E-state index in [9.17, 15) is 19.8 Å². The number of rotatable bonds is 9. The Morgan fingerprint density at radius 3 is 2.51 bits per heavy atom. The topological polar surface area (TPSA) is 98.7 Å². The van der Waals surface area contributed by atoms with Crippen LogP contribution in [0.25, 0.3) is 0 Å². The predicted octanol–water partition coefficient (Wildman–Crippen LogP) is 3.56. The van der Waals surface area contributed by atoms with E-state index in [1.807, 2.05) is 60.7 Å². The molecule has 0 saturated heterocycles. The average Bonchev–Trinajstić information content (AvgIpc) is 3.17. The van der Waals surface area contributed by atoms with E-state index in [0.717, 1.165) is 21.2 Å². The van der Waals surface area contributed by atoms with Crippen LogP contribution in [0.4, 0.5) is 0 Å². The summed E-state index contributed by atoms with van der Waals surface area (Å²) in [6.45, 7) is 0.0266. The lowest BCUT2D eigenvalue weighted by atomic mass is 9.92. The van der Waals surface area contributed by atoms with Crippen molar-refractivity contribution in [3.05, 3.63) is 106 Å². The van der Waals surface area contributed by atoms with Crippen LogP contribution in [0.2, 0.25) is 0 Å². The maximum atomic E-state index is 13.4. The molecule has 0 bridgehead atoms. The lowest BCUT2D eigenvalue weighted by Gasteiger charge is -2.24. The Morgan fingerprint density at radius 1 is 1.00 bits per heavy atom. The van der Waals surface area contributed by atoms with Gasteiger partial charge in [0.05, 0.1) is 18.2 Å². The van der Waals surface area contributed by atoms with E-state index in [4.69, 9.17) is 0 Å². The van der Waals surface area contributed by atoms with Crippen LogP contribution >= 0.6 is 15.9 Å². The highest BCUT2D eigenvalue weighted by Crippen LogP contribution is 2.32. The zero-order valence-corrected chi connectivity index (χ0v) is 20.8. The van der Waals surface area contributed by atoms with E-state index < -0.39 is 24.2 Å². The van der Waals surface area contributed by atoms with Crippen molar-refractivity contribution in [1.82, 2.24) is 10.6 Å². The number of amides is 2. The third kappa shape index (κ3) is 6.57. The molecule has 2 amide bonds. The van der Waals surface area contributed by atoms with E-state index in [1.54, 1.807) is 18.2 Å². The number of nitrogens with one attached hydrogen (secondary N) is 2. The second kappa shape index (κ2) is 11.6. The Labute approximate surface area is 213 Å². The molecule has 3 aromatic carbocycles. The molecule has 0 spiro atoms. The smallest absolute Gasteiger partial charge is 0.251 e. The van der Waals surface area contributed by atoms with Gasteiger partial charge in [-0.1, -0.05) is 76.6 Å². The first-order valence-electron chi connectivity index (χ1n) is 11.7. The molecule has 0 saturated carbocycles. The van der Waals surface area contributed by atoms with Crippen molar-refractivity contribution in [2.75, 3.05) is 6.54 Å². The number of carbonyl (C=O) groups is 2. The van der Waals surface area contributed by atoms with Crippen LogP contribution in [-0.4, -0.2) is 40.8 Å². The molecule has 0 aromatic heterocycles. The highest BCUT2D eigenvalue weighted by atomic mass is 79.9. The molecule has 4 atom stereocenters. The van der Waals surface area contributed by atoms with Crippen molar-refractivity contribution in [2.45, 2.75) is 37.5 Å². The van der Waals surface area contributed by atoms with Crippen LogP contribution in [-0.2, 0) is 17.6 Å². The fourth-order valence-electron chi connectivity index (χ4n) is 4.55. The van der Waals surface area contributed by atoms with Gasteiger partial charge in [-0.2, -0.15) is 0 Å². The molecule has 0 aliphatic heterocycles. The fraction of sp³-hybridized carbons (Fsp3) is 0.286. The zero-order chi connectivity index (χ0) is 24.8. The number of hydrogen-bond acceptors (Lipinski definition) is 4. The molecule has 0 heterocycles. The molecule has 4 unspecified atom stereocenters. The fourth-order valence-corrected chi connectivity index (χ4v) is 4.95. The predicted molar refractivity (Wildman–Crippen MR) is 138 cm³/mol. The van der Waals surface area contributed by atoms with Crippen LogP contribution < -0.4 is 10.6 Å². The lowest BCUT2D eigenvalue weighted by Crippen LogP contribution is -2.41. The van der Waals surface area contributed by atoms with Crippen molar-refractivity contribution in [2.24, 2.45) is 5.92 Å². The highest BCUT2D eigenvalue weighted by molar-refractivity contribution is 9.10. The second-order valence-electron chi connectivity index (χ2n) is 8.95. The van der Waals surface area contributed by atoms with Gasteiger partial charge in [0.15, 0.2) is 0 Å². The first-order chi connectivity index (χ1) is 16.9. The zero-order valence-electron chi connectivity index (χ0n) is 19.2. The second-order valence-corrected chi connectivity index (χ2v) is 9.87. The Bertz CT molecular complexity index is 1170. The summed E-state index contributed by atoms with van der Waals surface area (Å²) in [5, 5.41) is 27.0. The van der Waals surface area contributed by atoms with Crippen molar-refractivity contribution in [1.29, 1.82) is 0 Å². The number of hydrogen-bond donors (Lipinski definition) is 4. The van der Waals surface area contributed by atoms with Crippen LogP contribution in [0.15, 0.2) is 83.3 Å². The molecule has 4 rings (SSSR count). The molecule has 1 aliphatic carbocycles. The minimum atomic E-state index is -0.911. The lowest BCUT2D eigenvalue weighted by molar-refractivity contribution is -0.127. The summed E-state index contributed by atoms with van der Waals surface area (Å²) >= 11 is 3.35. The molecule has 7 heteroatoms. The Balaban J connectivity index is 1.42. The Morgan fingerprint density at radius 2 is 1.74 bits per heavy atom. The van der Waals surface area contributed by atoms with E-state index in [2.05, 4.69) is 26.6 Å². The number of carbonyl (C=O) groups excluding carboxylic acids is 2. The van der Waals surface area contributed by atoms with Gasteiger partial charge in [0.25, 0.3) is 5.91 Å². The van der Waals surface area contributed by atoms with Gasteiger partial charge < -0.3 is 20.8 Å². The summed E-state index contributed by atoms with van der Waals surface area (Å²) in [7, 11) is 0. The SMILES string of the molecule is O=C(NCC(O)CC(Cc1ccccc1)C(=O)NC1c2ccccc2CC1O)c1cccc(Br)c1. The Kier molecular flexibility index (Phi) is 8.33. The molecule has 6 nitrogen and oxygen atoms in total. The standard InChI is InChI=1S/C28H29BrN2O4/c29-22-11-6-10-20(14-22)27(34)30-17-23(32)15-21(13-18-7-2-1-3-8-18)28(35)31-26-24-12-5-4-9-19(24)16-25(26)33/h1-12,14,21,23,25-26,32-33H,13,15-17H2,(H,30,34)(H,31,35). The summed E-state index contributed by atoms with van der Waals surface area (Å²) in [6.07, 6.45) is -0.499. The van der Waals surface area contributed by atoms with Gasteiger partial charge in [-0.15, -0.1) is 0 Å². The largest absolute Gasteiger partial charge is 0.391 e. The summed E-state index contributed by atoms with van der Waals surface area (Å²) in [4.78, 5) is 25.8. The first-order valence-corrected chi connectivity index (χ1v) is 12.5. The molecule has 35 heavy (non-hydrogen) atoms. The molecule has 0 fully saturated rings. The minimum absolute atomic E-state index is 0.0266. The Hall–Kier alpha value is -3.00. The molecule has 0 radical (unpaired) electrons. The number of aliphatic hydroxyl groups excluding tert-OH is 2. The monoisotopic (exact) mass is 536 g/mol. The summed E-state index contributed by atoms with van der Waals surface area (Å²) in [5.74, 6) is -1.05. The molecule has 182 valence electrons. The van der Waals surface area contributed by atoms with Gasteiger partial charge in [-0.3, -0.25) is 9.59 Å². The van der Waals surface area contributed by atoms with E-state index in [0.29, 0.717) is 18.4 Å². The van der Waals surface area contributed by atoms with Crippen molar-refractivity contribution in [3.8, 4) is 0 Å². The molecular formula is C28H29BrN2O4. The van der Waals surface area contributed by atoms with E-state index in [-0.39, 0.29) is 24.8 Å². The average molecular weight is 537 g/mol.